The molecule has 1 aromatic rings. The van der Waals surface area contributed by atoms with Gasteiger partial charge in [-0.15, -0.1) is 0 Å². The van der Waals surface area contributed by atoms with E-state index in [0.29, 0.717) is 13.0 Å². The molecular weight excluding hydrogens is 188 g/mol. The monoisotopic (exact) mass is 202 g/mol. The van der Waals surface area contributed by atoms with Crippen molar-refractivity contribution in [2.45, 2.75) is 20.3 Å². The molecule has 1 amide bonds. The Kier molecular flexibility index (Phi) is 4.36. The van der Waals surface area contributed by atoms with Gasteiger partial charge in [-0.1, -0.05) is 11.8 Å². The average Bonchev–Trinajstić information content (AvgIpc) is 2.20. The van der Waals surface area contributed by atoms with Gasteiger partial charge in [-0.2, -0.15) is 0 Å². The van der Waals surface area contributed by atoms with Gasteiger partial charge < -0.3 is 5.32 Å². The van der Waals surface area contributed by atoms with Crippen molar-refractivity contribution < 1.29 is 4.79 Å². The van der Waals surface area contributed by atoms with Crippen LogP contribution in [0, 0.1) is 18.8 Å². The minimum Gasteiger partial charge on any atom is -0.355 e. The summed E-state index contributed by atoms with van der Waals surface area (Å²) >= 11 is 0. The van der Waals surface area contributed by atoms with E-state index >= 15 is 0 Å². The third kappa shape index (κ3) is 4.28. The quantitative estimate of drug-likeness (QED) is 0.579. The summed E-state index contributed by atoms with van der Waals surface area (Å²) in [5.41, 5.74) is 1.88. The lowest BCUT2D eigenvalue weighted by Crippen LogP contribution is -2.20. The maximum atomic E-state index is 10.6. The zero-order valence-electron chi connectivity index (χ0n) is 9.00. The van der Waals surface area contributed by atoms with Crippen molar-refractivity contribution in [3.05, 3.63) is 29.6 Å². The van der Waals surface area contributed by atoms with Gasteiger partial charge in [-0.05, 0) is 19.1 Å². The molecule has 78 valence electrons. The number of nitrogens with zero attached hydrogens (tertiary/aromatic N) is 1. The predicted molar refractivity (Wildman–Crippen MR) is 59.2 cm³/mol. The molecule has 0 unspecified atom stereocenters. The fourth-order valence-corrected chi connectivity index (χ4v) is 1.08. The summed E-state index contributed by atoms with van der Waals surface area (Å²) in [5.74, 6) is 6.00. The molecular formula is C12H14N2O. The summed E-state index contributed by atoms with van der Waals surface area (Å²) in [6.07, 6.45) is 2.41. The van der Waals surface area contributed by atoms with E-state index in [0.717, 1.165) is 11.3 Å². The Balaban J connectivity index is 2.45. The Labute approximate surface area is 89.9 Å². The van der Waals surface area contributed by atoms with Crippen molar-refractivity contribution in [1.82, 2.24) is 10.3 Å². The number of aryl methyl sites for hydroxylation is 1. The molecule has 0 saturated heterocycles. The zero-order valence-corrected chi connectivity index (χ0v) is 9.00. The lowest BCUT2D eigenvalue weighted by molar-refractivity contribution is -0.118. The lowest BCUT2D eigenvalue weighted by Gasteiger charge is -1.96. The van der Waals surface area contributed by atoms with Crippen LogP contribution < -0.4 is 5.32 Å². The number of hydrogen-bond donors (Lipinski definition) is 1. The van der Waals surface area contributed by atoms with Crippen molar-refractivity contribution in [3.8, 4) is 11.8 Å². The van der Waals surface area contributed by atoms with Crippen molar-refractivity contribution in [2.75, 3.05) is 6.54 Å². The first kappa shape index (κ1) is 11.3. The Hall–Kier alpha value is -1.82. The standard InChI is InChI=1S/C12H14N2O/c1-10-12(7-5-9-13-10)6-3-4-8-14-11(2)15/h5,7,9H,4,8H2,1-2H3,(H,14,15). The van der Waals surface area contributed by atoms with E-state index in [4.69, 9.17) is 0 Å². The van der Waals surface area contributed by atoms with Gasteiger partial charge in [-0.3, -0.25) is 9.78 Å². The second-order valence-electron chi connectivity index (χ2n) is 3.17. The minimum absolute atomic E-state index is 0.0191. The van der Waals surface area contributed by atoms with E-state index in [-0.39, 0.29) is 5.91 Å². The highest BCUT2D eigenvalue weighted by atomic mass is 16.1. The van der Waals surface area contributed by atoms with Crippen molar-refractivity contribution >= 4 is 5.91 Å². The third-order valence-corrected chi connectivity index (χ3v) is 1.85. The molecule has 1 N–H and O–H groups in total. The highest BCUT2D eigenvalue weighted by Crippen LogP contribution is 2.00. The van der Waals surface area contributed by atoms with Gasteiger partial charge in [0.1, 0.15) is 0 Å². The molecule has 0 aliphatic carbocycles. The first-order valence-corrected chi connectivity index (χ1v) is 4.85. The van der Waals surface area contributed by atoms with Crippen LogP contribution in [0.4, 0.5) is 0 Å². The Morgan fingerprint density at radius 3 is 3.07 bits per heavy atom. The van der Waals surface area contributed by atoms with Crippen LogP contribution in [0.25, 0.3) is 0 Å². The highest BCUT2D eigenvalue weighted by Gasteiger charge is 1.91. The van der Waals surface area contributed by atoms with E-state index in [1.807, 2.05) is 19.1 Å². The first-order chi connectivity index (χ1) is 7.20. The molecule has 3 nitrogen and oxygen atoms in total. The Bertz CT molecular complexity index is 402. The van der Waals surface area contributed by atoms with E-state index in [9.17, 15) is 4.79 Å². The highest BCUT2D eigenvalue weighted by molar-refractivity contribution is 5.72. The number of aromatic nitrogens is 1. The van der Waals surface area contributed by atoms with Gasteiger partial charge in [-0.25, -0.2) is 0 Å². The summed E-state index contributed by atoms with van der Waals surface area (Å²) in [6, 6.07) is 3.80. The van der Waals surface area contributed by atoms with Crippen LogP contribution in [0.3, 0.4) is 0 Å². The number of nitrogens with one attached hydrogen (secondary N) is 1. The molecule has 0 radical (unpaired) electrons. The number of hydrogen-bond acceptors (Lipinski definition) is 2. The van der Waals surface area contributed by atoms with Crippen molar-refractivity contribution in [3.63, 3.8) is 0 Å². The van der Waals surface area contributed by atoms with E-state index in [1.54, 1.807) is 6.20 Å². The fourth-order valence-electron chi connectivity index (χ4n) is 1.08. The molecule has 0 saturated carbocycles. The SMILES string of the molecule is CC(=O)NCCC#Cc1cccnc1C. The summed E-state index contributed by atoms with van der Waals surface area (Å²) in [5, 5.41) is 2.69. The number of amides is 1. The lowest BCUT2D eigenvalue weighted by atomic mass is 10.2. The number of carbonyl (C=O) groups excluding carboxylic acids is 1. The summed E-state index contributed by atoms with van der Waals surface area (Å²) in [6.45, 7) is 4.03. The summed E-state index contributed by atoms with van der Waals surface area (Å²) in [4.78, 5) is 14.7. The van der Waals surface area contributed by atoms with Gasteiger partial charge in [0.25, 0.3) is 0 Å². The normalized spacial score (nSPS) is 8.93. The summed E-state index contributed by atoms with van der Waals surface area (Å²) in [7, 11) is 0. The van der Waals surface area contributed by atoms with Crippen LogP contribution in [0.15, 0.2) is 18.3 Å². The van der Waals surface area contributed by atoms with Crippen LogP contribution in [-0.2, 0) is 4.79 Å². The smallest absolute Gasteiger partial charge is 0.216 e. The van der Waals surface area contributed by atoms with Gasteiger partial charge in [0, 0.05) is 31.6 Å². The average molecular weight is 202 g/mol. The molecule has 0 aliphatic heterocycles. The topological polar surface area (TPSA) is 42.0 Å². The third-order valence-electron chi connectivity index (χ3n) is 1.85. The van der Waals surface area contributed by atoms with Crippen molar-refractivity contribution in [2.24, 2.45) is 0 Å². The van der Waals surface area contributed by atoms with Gasteiger partial charge >= 0.3 is 0 Å². The Morgan fingerprint density at radius 1 is 1.60 bits per heavy atom. The van der Waals surface area contributed by atoms with E-state index < -0.39 is 0 Å². The molecule has 0 atom stereocenters. The molecule has 0 aliphatic rings. The summed E-state index contributed by atoms with van der Waals surface area (Å²) < 4.78 is 0. The van der Waals surface area contributed by atoms with E-state index in [1.165, 1.54) is 6.92 Å². The van der Waals surface area contributed by atoms with Crippen LogP contribution in [0.5, 0.6) is 0 Å². The van der Waals surface area contributed by atoms with Gasteiger partial charge in [0.2, 0.25) is 5.91 Å². The maximum absolute atomic E-state index is 10.6. The second kappa shape index (κ2) is 5.82. The molecule has 0 bridgehead atoms. The van der Waals surface area contributed by atoms with Crippen LogP contribution in [0.2, 0.25) is 0 Å². The molecule has 1 heterocycles. The molecule has 1 rings (SSSR count). The first-order valence-electron chi connectivity index (χ1n) is 4.85. The molecule has 0 aromatic carbocycles. The molecule has 0 spiro atoms. The fraction of sp³-hybridized carbons (Fsp3) is 0.333. The molecule has 3 heteroatoms. The van der Waals surface area contributed by atoms with Gasteiger partial charge in [0.15, 0.2) is 0 Å². The molecule has 1 aromatic heterocycles. The van der Waals surface area contributed by atoms with Crippen LogP contribution >= 0.6 is 0 Å². The van der Waals surface area contributed by atoms with Crippen molar-refractivity contribution in [1.29, 1.82) is 0 Å². The number of rotatable bonds is 2. The van der Waals surface area contributed by atoms with E-state index in [2.05, 4.69) is 22.1 Å². The van der Waals surface area contributed by atoms with Crippen LogP contribution in [0.1, 0.15) is 24.6 Å². The predicted octanol–water partition coefficient (Wildman–Crippen LogP) is 1.27. The number of carbonyl (C=O) groups is 1. The zero-order chi connectivity index (χ0) is 11.1. The van der Waals surface area contributed by atoms with Gasteiger partial charge in [0.05, 0.1) is 5.69 Å². The molecule has 0 fully saturated rings. The minimum atomic E-state index is -0.0191. The molecule has 15 heavy (non-hydrogen) atoms. The largest absolute Gasteiger partial charge is 0.355 e. The Morgan fingerprint density at radius 2 is 2.40 bits per heavy atom. The van der Waals surface area contributed by atoms with Crippen LogP contribution in [-0.4, -0.2) is 17.4 Å². The number of pyridine rings is 1. The maximum Gasteiger partial charge on any atom is 0.216 e. The second-order valence-corrected chi connectivity index (χ2v) is 3.17.